The first kappa shape index (κ1) is 14.9. The SMILES string of the molecule is CCOC(C)(C)C(O)CCCS(C)(=O)=O. The quantitative estimate of drug-likeness (QED) is 0.718. The lowest BCUT2D eigenvalue weighted by Gasteiger charge is -2.30. The lowest BCUT2D eigenvalue weighted by Crippen LogP contribution is -2.39. The van der Waals surface area contributed by atoms with Crippen LogP contribution in [-0.2, 0) is 14.6 Å². The fourth-order valence-corrected chi connectivity index (χ4v) is 2.05. The van der Waals surface area contributed by atoms with Gasteiger partial charge in [-0.3, -0.25) is 0 Å². The summed E-state index contributed by atoms with van der Waals surface area (Å²) in [7, 11) is -2.93. The van der Waals surface area contributed by atoms with E-state index in [0.717, 1.165) is 0 Å². The number of ether oxygens (including phenoxy) is 1. The Morgan fingerprint density at radius 2 is 1.93 bits per heavy atom. The van der Waals surface area contributed by atoms with E-state index in [4.69, 9.17) is 4.74 Å². The predicted octanol–water partition coefficient (Wildman–Crippen LogP) is 0.987. The van der Waals surface area contributed by atoms with E-state index in [1.165, 1.54) is 6.26 Å². The molecule has 0 fully saturated rings. The van der Waals surface area contributed by atoms with Gasteiger partial charge in [-0.2, -0.15) is 0 Å². The average molecular weight is 238 g/mol. The molecule has 0 heterocycles. The zero-order valence-electron chi connectivity index (χ0n) is 9.99. The lowest BCUT2D eigenvalue weighted by atomic mass is 9.97. The fourth-order valence-electron chi connectivity index (χ4n) is 1.35. The van der Waals surface area contributed by atoms with Gasteiger partial charge in [0.2, 0.25) is 0 Å². The van der Waals surface area contributed by atoms with Gasteiger partial charge in [-0.1, -0.05) is 0 Å². The van der Waals surface area contributed by atoms with Crippen LogP contribution in [0, 0.1) is 0 Å². The third-order valence-electron chi connectivity index (χ3n) is 2.31. The fraction of sp³-hybridized carbons (Fsp3) is 1.00. The van der Waals surface area contributed by atoms with Gasteiger partial charge in [-0.25, -0.2) is 8.42 Å². The molecule has 0 amide bonds. The third-order valence-corrected chi connectivity index (χ3v) is 3.34. The van der Waals surface area contributed by atoms with Gasteiger partial charge in [0.05, 0.1) is 11.7 Å². The second kappa shape index (κ2) is 5.82. The average Bonchev–Trinajstić information content (AvgIpc) is 2.01. The van der Waals surface area contributed by atoms with Crippen LogP contribution in [-0.4, -0.2) is 43.8 Å². The van der Waals surface area contributed by atoms with Crippen LogP contribution in [0.4, 0.5) is 0 Å². The predicted molar refractivity (Wildman–Crippen MR) is 60.7 cm³/mol. The highest BCUT2D eigenvalue weighted by Crippen LogP contribution is 2.18. The Balaban J connectivity index is 3.98. The van der Waals surface area contributed by atoms with Crippen LogP contribution in [0.15, 0.2) is 0 Å². The van der Waals surface area contributed by atoms with Gasteiger partial charge in [0.1, 0.15) is 9.84 Å². The largest absolute Gasteiger partial charge is 0.390 e. The van der Waals surface area contributed by atoms with E-state index in [-0.39, 0.29) is 5.75 Å². The van der Waals surface area contributed by atoms with Crippen molar-refractivity contribution in [1.29, 1.82) is 0 Å². The molecule has 0 aromatic carbocycles. The Morgan fingerprint density at radius 1 is 1.40 bits per heavy atom. The minimum atomic E-state index is -2.93. The summed E-state index contributed by atoms with van der Waals surface area (Å²) in [6, 6.07) is 0. The highest BCUT2D eigenvalue weighted by Gasteiger charge is 2.27. The number of hydrogen-bond acceptors (Lipinski definition) is 4. The second-order valence-corrected chi connectivity index (χ2v) is 6.58. The zero-order chi connectivity index (χ0) is 12.1. The molecular weight excluding hydrogens is 216 g/mol. The summed E-state index contributed by atoms with van der Waals surface area (Å²) in [5.41, 5.74) is -0.605. The molecule has 1 unspecified atom stereocenters. The molecule has 0 rings (SSSR count). The summed E-state index contributed by atoms with van der Waals surface area (Å²) < 4.78 is 27.1. The molecule has 4 nitrogen and oxygen atoms in total. The van der Waals surface area contributed by atoms with Crippen LogP contribution < -0.4 is 0 Å². The summed E-state index contributed by atoms with van der Waals surface area (Å²) in [5.74, 6) is 0.117. The van der Waals surface area contributed by atoms with Gasteiger partial charge in [-0.15, -0.1) is 0 Å². The topological polar surface area (TPSA) is 63.6 Å². The van der Waals surface area contributed by atoms with E-state index in [0.29, 0.717) is 19.4 Å². The number of rotatable bonds is 7. The molecule has 92 valence electrons. The maximum atomic E-state index is 10.9. The standard InChI is InChI=1S/C10H22O4S/c1-5-14-10(2,3)9(11)7-6-8-15(4,12)13/h9,11H,5-8H2,1-4H3. The number of aliphatic hydroxyl groups excluding tert-OH is 1. The zero-order valence-corrected chi connectivity index (χ0v) is 10.8. The van der Waals surface area contributed by atoms with Crippen molar-refractivity contribution in [2.45, 2.75) is 45.3 Å². The van der Waals surface area contributed by atoms with Gasteiger partial charge in [0.25, 0.3) is 0 Å². The van der Waals surface area contributed by atoms with Crippen molar-refractivity contribution in [3.63, 3.8) is 0 Å². The van der Waals surface area contributed by atoms with Crippen molar-refractivity contribution >= 4 is 9.84 Å². The molecule has 0 aromatic rings. The third kappa shape index (κ3) is 6.87. The van der Waals surface area contributed by atoms with E-state index >= 15 is 0 Å². The molecule has 0 aliphatic heterocycles. The molecule has 0 bridgehead atoms. The minimum absolute atomic E-state index is 0.117. The van der Waals surface area contributed by atoms with Crippen molar-refractivity contribution in [2.24, 2.45) is 0 Å². The maximum absolute atomic E-state index is 10.9. The normalized spacial score (nSPS) is 15.3. The molecule has 0 saturated carbocycles. The van der Waals surface area contributed by atoms with Gasteiger partial charge in [0.15, 0.2) is 0 Å². The summed E-state index contributed by atoms with van der Waals surface area (Å²) in [6.07, 6.45) is 1.49. The van der Waals surface area contributed by atoms with E-state index in [2.05, 4.69) is 0 Å². The van der Waals surface area contributed by atoms with E-state index in [1.54, 1.807) is 0 Å². The molecule has 0 radical (unpaired) electrons. The van der Waals surface area contributed by atoms with Crippen molar-refractivity contribution in [2.75, 3.05) is 18.6 Å². The van der Waals surface area contributed by atoms with Crippen LogP contribution in [0.3, 0.4) is 0 Å². The van der Waals surface area contributed by atoms with E-state index < -0.39 is 21.5 Å². The Labute approximate surface area is 92.6 Å². The van der Waals surface area contributed by atoms with Crippen LogP contribution >= 0.6 is 0 Å². The molecular formula is C10H22O4S. The Hall–Kier alpha value is -0.130. The van der Waals surface area contributed by atoms with Gasteiger partial charge in [-0.05, 0) is 33.6 Å². The summed E-state index contributed by atoms with van der Waals surface area (Å²) in [5, 5.41) is 9.79. The smallest absolute Gasteiger partial charge is 0.147 e. The Bertz CT molecular complexity index is 269. The molecule has 0 spiro atoms. The van der Waals surface area contributed by atoms with Crippen molar-refractivity contribution < 1.29 is 18.3 Å². The molecule has 5 heteroatoms. The van der Waals surface area contributed by atoms with Crippen molar-refractivity contribution in [3.8, 4) is 0 Å². The highest BCUT2D eigenvalue weighted by molar-refractivity contribution is 7.90. The lowest BCUT2D eigenvalue weighted by molar-refractivity contribution is -0.0986. The monoisotopic (exact) mass is 238 g/mol. The molecule has 0 aliphatic rings. The molecule has 1 atom stereocenters. The van der Waals surface area contributed by atoms with E-state index in [9.17, 15) is 13.5 Å². The first-order valence-electron chi connectivity index (χ1n) is 5.19. The Morgan fingerprint density at radius 3 is 2.33 bits per heavy atom. The maximum Gasteiger partial charge on any atom is 0.147 e. The summed E-state index contributed by atoms with van der Waals surface area (Å²) in [6.45, 7) is 6.02. The van der Waals surface area contributed by atoms with Gasteiger partial charge >= 0.3 is 0 Å². The first-order valence-corrected chi connectivity index (χ1v) is 7.25. The van der Waals surface area contributed by atoms with Crippen LogP contribution in [0.5, 0.6) is 0 Å². The van der Waals surface area contributed by atoms with Gasteiger partial charge in [0, 0.05) is 18.6 Å². The highest BCUT2D eigenvalue weighted by atomic mass is 32.2. The second-order valence-electron chi connectivity index (χ2n) is 4.32. The molecule has 1 N–H and O–H groups in total. The van der Waals surface area contributed by atoms with Crippen LogP contribution in [0.2, 0.25) is 0 Å². The van der Waals surface area contributed by atoms with Crippen LogP contribution in [0.1, 0.15) is 33.6 Å². The number of hydrogen-bond donors (Lipinski definition) is 1. The number of sulfone groups is 1. The summed E-state index contributed by atoms with van der Waals surface area (Å²) in [4.78, 5) is 0. The van der Waals surface area contributed by atoms with Crippen molar-refractivity contribution in [1.82, 2.24) is 0 Å². The van der Waals surface area contributed by atoms with Crippen molar-refractivity contribution in [3.05, 3.63) is 0 Å². The minimum Gasteiger partial charge on any atom is -0.390 e. The molecule has 0 saturated heterocycles. The van der Waals surface area contributed by atoms with Crippen LogP contribution in [0.25, 0.3) is 0 Å². The van der Waals surface area contributed by atoms with Gasteiger partial charge < -0.3 is 9.84 Å². The molecule has 0 aliphatic carbocycles. The molecule has 0 aromatic heterocycles. The molecule has 15 heavy (non-hydrogen) atoms. The first-order chi connectivity index (χ1) is 6.69. The summed E-state index contributed by atoms with van der Waals surface area (Å²) >= 11 is 0. The Kier molecular flexibility index (Phi) is 5.77. The van der Waals surface area contributed by atoms with E-state index in [1.807, 2.05) is 20.8 Å². The number of aliphatic hydroxyl groups is 1.